The molecule has 0 bridgehead atoms. The second-order valence-corrected chi connectivity index (χ2v) is 10.6. The van der Waals surface area contributed by atoms with E-state index < -0.39 is 5.92 Å². The SMILES string of the molecule is CCN(CC)C(=O)COc1cccc([C@@H](CN2CC[C@H](O)C2)C(C(=O)NC)c2ccc3sc(=O)[nH]c3c2)c1. The van der Waals surface area contributed by atoms with Crippen LogP contribution in [-0.4, -0.2) is 84.2 Å². The first-order valence-corrected chi connectivity index (χ1v) is 13.9. The third kappa shape index (κ3) is 6.43. The molecule has 0 aliphatic carbocycles. The molecule has 10 heteroatoms. The van der Waals surface area contributed by atoms with Crippen molar-refractivity contribution in [1.82, 2.24) is 20.1 Å². The van der Waals surface area contributed by atoms with Crippen LogP contribution in [0.2, 0.25) is 0 Å². The number of β-amino-alcohol motifs (C(OH)–C–C–N with tert-alkyl or cyclic N) is 1. The van der Waals surface area contributed by atoms with Gasteiger partial charge >= 0.3 is 4.87 Å². The number of aliphatic hydroxyl groups excluding tert-OH is 1. The fourth-order valence-electron chi connectivity index (χ4n) is 5.19. The van der Waals surface area contributed by atoms with Crippen molar-refractivity contribution < 1.29 is 19.4 Å². The van der Waals surface area contributed by atoms with Gasteiger partial charge in [0.2, 0.25) is 5.91 Å². The molecule has 2 heterocycles. The quantitative estimate of drug-likeness (QED) is 0.344. The Morgan fingerprint density at radius 1 is 1.21 bits per heavy atom. The lowest BCUT2D eigenvalue weighted by molar-refractivity contribution is -0.133. The number of H-pyrrole nitrogens is 1. The summed E-state index contributed by atoms with van der Waals surface area (Å²) in [6, 6.07) is 13.2. The molecule has 3 atom stereocenters. The predicted molar refractivity (Wildman–Crippen MR) is 149 cm³/mol. The molecule has 2 aromatic carbocycles. The lowest BCUT2D eigenvalue weighted by Crippen LogP contribution is -2.36. The lowest BCUT2D eigenvalue weighted by Gasteiger charge is -2.31. The summed E-state index contributed by atoms with van der Waals surface area (Å²) >= 11 is 1.14. The van der Waals surface area contributed by atoms with E-state index in [-0.39, 0.29) is 35.3 Å². The van der Waals surface area contributed by atoms with Gasteiger partial charge in [-0.1, -0.05) is 29.5 Å². The summed E-state index contributed by atoms with van der Waals surface area (Å²) in [6.45, 7) is 6.89. The summed E-state index contributed by atoms with van der Waals surface area (Å²) in [5, 5.41) is 13.0. The monoisotopic (exact) mass is 540 g/mol. The molecule has 0 spiro atoms. The van der Waals surface area contributed by atoms with Gasteiger partial charge in [0.25, 0.3) is 5.91 Å². The van der Waals surface area contributed by atoms with E-state index >= 15 is 0 Å². The second kappa shape index (κ2) is 12.6. The van der Waals surface area contributed by atoms with Crippen molar-refractivity contribution in [3.05, 3.63) is 63.3 Å². The minimum Gasteiger partial charge on any atom is -0.484 e. The van der Waals surface area contributed by atoms with Crippen molar-refractivity contribution in [2.24, 2.45) is 0 Å². The van der Waals surface area contributed by atoms with Gasteiger partial charge in [-0.15, -0.1) is 0 Å². The van der Waals surface area contributed by atoms with E-state index in [1.807, 2.05) is 56.3 Å². The van der Waals surface area contributed by atoms with Crippen molar-refractivity contribution in [3.8, 4) is 5.75 Å². The number of aliphatic hydroxyl groups is 1. The maximum atomic E-state index is 13.4. The Labute approximate surface area is 226 Å². The van der Waals surface area contributed by atoms with Crippen LogP contribution in [0, 0.1) is 0 Å². The molecule has 3 N–H and O–H groups in total. The molecule has 1 fully saturated rings. The van der Waals surface area contributed by atoms with Gasteiger partial charge < -0.3 is 29.9 Å². The van der Waals surface area contributed by atoms with Crippen molar-refractivity contribution in [3.63, 3.8) is 0 Å². The number of carbonyl (C=O) groups excluding carboxylic acids is 2. The number of hydrogen-bond donors (Lipinski definition) is 3. The third-order valence-corrected chi connectivity index (χ3v) is 8.06. The van der Waals surface area contributed by atoms with Crippen molar-refractivity contribution in [2.75, 3.05) is 46.4 Å². The molecule has 2 amide bonds. The number of nitrogens with zero attached hydrogens (tertiary/aromatic N) is 2. The zero-order valence-corrected chi connectivity index (χ0v) is 22.9. The Balaban J connectivity index is 1.69. The van der Waals surface area contributed by atoms with Gasteiger partial charge in [-0.2, -0.15) is 0 Å². The number of nitrogens with one attached hydrogen (secondary N) is 2. The van der Waals surface area contributed by atoms with Crippen LogP contribution in [0.5, 0.6) is 5.75 Å². The molecule has 1 unspecified atom stereocenters. The molecule has 1 aromatic heterocycles. The highest BCUT2D eigenvalue weighted by Gasteiger charge is 2.34. The van der Waals surface area contributed by atoms with E-state index in [0.29, 0.717) is 43.9 Å². The Morgan fingerprint density at radius 3 is 2.68 bits per heavy atom. The van der Waals surface area contributed by atoms with Crippen LogP contribution >= 0.6 is 11.3 Å². The largest absolute Gasteiger partial charge is 0.484 e. The molecule has 0 radical (unpaired) electrons. The number of aromatic amines is 1. The van der Waals surface area contributed by atoms with Crippen LogP contribution in [0.4, 0.5) is 0 Å². The van der Waals surface area contributed by atoms with Crippen LogP contribution < -0.4 is 14.9 Å². The van der Waals surface area contributed by atoms with Crippen LogP contribution in [0.3, 0.4) is 0 Å². The Morgan fingerprint density at radius 2 is 2.00 bits per heavy atom. The average molecular weight is 541 g/mol. The highest BCUT2D eigenvalue weighted by Crippen LogP contribution is 2.37. The predicted octanol–water partition coefficient (Wildman–Crippen LogP) is 2.52. The standard InChI is InChI=1S/C28H36N4O5S/c1-4-32(5-2)25(34)17-37-21-8-6-7-18(13-21)22(16-31-12-11-20(33)15-31)26(27(35)29-3)19-9-10-24-23(14-19)30-28(36)38-24/h6-10,13-14,20,22,26,33H,4-5,11-12,15-17H2,1-3H3,(H,29,35)(H,30,36)/t20-,22+,26?/m0/s1. The first-order chi connectivity index (χ1) is 18.3. The number of fused-ring (bicyclic) bond motifs is 1. The Bertz CT molecular complexity index is 1320. The van der Waals surface area contributed by atoms with Crippen molar-refractivity contribution in [2.45, 2.75) is 38.2 Å². The molecule has 0 saturated carbocycles. The zero-order chi connectivity index (χ0) is 27.2. The Hall–Kier alpha value is -3.21. The second-order valence-electron chi connectivity index (χ2n) is 9.60. The highest BCUT2D eigenvalue weighted by molar-refractivity contribution is 7.16. The topological polar surface area (TPSA) is 115 Å². The lowest BCUT2D eigenvalue weighted by atomic mass is 9.80. The highest BCUT2D eigenvalue weighted by atomic mass is 32.1. The average Bonchev–Trinajstić information content (AvgIpc) is 3.51. The number of carbonyl (C=O) groups is 2. The van der Waals surface area contributed by atoms with Crippen molar-refractivity contribution in [1.29, 1.82) is 0 Å². The molecule has 4 rings (SSSR count). The molecule has 1 aliphatic rings. The molecule has 38 heavy (non-hydrogen) atoms. The number of aromatic nitrogens is 1. The third-order valence-electron chi connectivity index (χ3n) is 7.20. The smallest absolute Gasteiger partial charge is 0.305 e. The van der Waals surface area contributed by atoms with Gasteiger partial charge in [-0.25, -0.2) is 0 Å². The minimum absolute atomic E-state index is 0.0603. The number of thiazole rings is 1. The number of benzene rings is 2. The summed E-state index contributed by atoms with van der Waals surface area (Å²) in [6.07, 6.45) is 0.304. The van der Waals surface area contributed by atoms with Crippen LogP contribution in [0.1, 0.15) is 43.2 Å². The molecular weight excluding hydrogens is 504 g/mol. The van der Waals surface area contributed by atoms with Crippen LogP contribution in [0.25, 0.3) is 10.2 Å². The van der Waals surface area contributed by atoms with Crippen LogP contribution in [-0.2, 0) is 9.59 Å². The number of likely N-dealkylation sites (N-methyl/N-ethyl adjacent to an activating group) is 2. The molecular formula is C28H36N4O5S. The van der Waals surface area contributed by atoms with E-state index in [2.05, 4.69) is 15.2 Å². The fourth-order valence-corrected chi connectivity index (χ4v) is 5.91. The van der Waals surface area contributed by atoms with E-state index in [0.717, 1.165) is 33.7 Å². The van der Waals surface area contributed by atoms with Gasteiger partial charge in [0.15, 0.2) is 6.61 Å². The number of ether oxygens (including phenoxy) is 1. The van der Waals surface area contributed by atoms with E-state index in [9.17, 15) is 19.5 Å². The Kier molecular flexibility index (Phi) is 9.19. The normalized spacial score (nSPS) is 17.3. The number of amides is 2. The van der Waals surface area contributed by atoms with Crippen molar-refractivity contribution >= 4 is 33.4 Å². The molecule has 204 valence electrons. The van der Waals surface area contributed by atoms with E-state index in [1.165, 1.54) is 0 Å². The number of likely N-dealkylation sites (tertiary alicyclic amines) is 1. The maximum Gasteiger partial charge on any atom is 0.305 e. The number of rotatable bonds is 11. The van der Waals surface area contributed by atoms with Gasteiger partial charge in [-0.05, 0) is 55.7 Å². The summed E-state index contributed by atoms with van der Waals surface area (Å²) < 4.78 is 6.71. The van der Waals surface area contributed by atoms with Gasteiger partial charge in [0.1, 0.15) is 5.75 Å². The summed E-state index contributed by atoms with van der Waals surface area (Å²) in [5.41, 5.74) is 2.39. The number of hydrogen-bond acceptors (Lipinski definition) is 7. The summed E-state index contributed by atoms with van der Waals surface area (Å²) in [7, 11) is 1.62. The summed E-state index contributed by atoms with van der Waals surface area (Å²) in [5.74, 6) is -0.495. The molecule has 3 aromatic rings. The zero-order valence-electron chi connectivity index (χ0n) is 22.1. The summed E-state index contributed by atoms with van der Waals surface area (Å²) in [4.78, 5) is 44.4. The molecule has 1 aliphatic heterocycles. The maximum absolute atomic E-state index is 13.4. The molecule has 1 saturated heterocycles. The molecule has 9 nitrogen and oxygen atoms in total. The minimum atomic E-state index is -0.557. The first kappa shape index (κ1) is 27.8. The van der Waals surface area contributed by atoms with Crippen LogP contribution in [0.15, 0.2) is 47.3 Å². The van der Waals surface area contributed by atoms with E-state index in [1.54, 1.807) is 11.9 Å². The first-order valence-electron chi connectivity index (χ1n) is 13.1. The fraction of sp³-hybridized carbons (Fsp3) is 0.464. The van der Waals surface area contributed by atoms with Gasteiger partial charge in [-0.3, -0.25) is 14.4 Å². The van der Waals surface area contributed by atoms with E-state index in [4.69, 9.17) is 4.74 Å². The van der Waals surface area contributed by atoms with Gasteiger partial charge in [0.05, 0.1) is 22.2 Å². The van der Waals surface area contributed by atoms with Gasteiger partial charge in [0, 0.05) is 45.7 Å².